The van der Waals surface area contributed by atoms with Crippen molar-refractivity contribution >= 4 is 22.7 Å². The highest BCUT2D eigenvalue weighted by Crippen LogP contribution is 2.21. The SMILES string of the molecule is CN(C(=O)CCNC(=O)c1n[nH]c2ccccc12)C1CCC(N)CC1. The lowest BCUT2D eigenvalue weighted by Gasteiger charge is -2.33. The molecule has 1 fully saturated rings. The number of rotatable bonds is 5. The Bertz CT molecular complexity index is 749. The molecule has 25 heavy (non-hydrogen) atoms. The Hall–Kier alpha value is -2.41. The van der Waals surface area contributed by atoms with Crippen LogP contribution in [0.3, 0.4) is 0 Å². The number of para-hydroxylation sites is 1. The molecule has 0 radical (unpaired) electrons. The zero-order valence-corrected chi connectivity index (χ0v) is 14.5. The van der Waals surface area contributed by atoms with Crippen molar-refractivity contribution in [1.29, 1.82) is 0 Å². The van der Waals surface area contributed by atoms with Crippen LogP contribution in [0.2, 0.25) is 0 Å². The van der Waals surface area contributed by atoms with Crippen molar-refractivity contribution in [3.8, 4) is 0 Å². The van der Waals surface area contributed by atoms with Gasteiger partial charge in [0.15, 0.2) is 5.69 Å². The summed E-state index contributed by atoms with van der Waals surface area (Å²) in [5, 5.41) is 10.5. The van der Waals surface area contributed by atoms with E-state index in [1.54, 1.807) is 0 Å². The number of amides is 2. The van der Waals surface area contributed by atoms with Crippen molar-refractivity contribution in [3.63, 3.8) is 0 Å². The van der Waals surface area contributed by atoms with Gasteiger partial charge in [-0.25, -0.2) is 0 Å². The molecule has 3 rings (SSSR count). The molecule has 4 N–H and O–H groups in total. The van der Waals surface area contributed by atoms with Crippen LogP contribution in [0.1, 0.15) is 42.6 Å². The van der Waals surface area contributed by atoms with Crippen molar-refractivity contribution in [3.05, 3.63) is 30.0 Å². The number of benzene rings is 1. The largest absolute Gasteiger partial charge is 0.350 e. The standard InChI is InChI=1S/C18H25N5O2/c1-23(13-8-6-12(19)7-9-13)16(24)10-11-20-18(25)17-14-4-2-3-5-15(14)21-22-17/h2-5,12-13H,6-11,19H2,1H3,(H,20,25)(H,21,22). The Balaban J connectivity index is 1.49. The highest BCUT2D eigenvalue weighted by molar-refractivity contribution is 6.04. The number of hydrogen-bond acceptors (Lipinski definition) is 4. The van der Waals surface area contributed by atoms with Gasteiger partial charge in [-0.05, 0) is 31.7 Å². The predicted octanol–water partition coefficient (Wildman–Crippen LogP) is 1.41. The molecule has 0 saturated heterocycles. The molecule has 0 spiro atoms. The van der Waals surface area contributed by atoms with Crippen LogP contribution in [-0.4, -0.2) is 52.6 Å². The molecule has 134 valence electrons. The van der Waals surface area contributed by atoms with Crippen LogP contribution in [0.15, 0.2) is 24.3 Å². The van der Waals surface area contributed by atoms with E-state index in [4.69, 9.17) is 5.73 Å². The summed E-state index contributed by atoms with van der Waals surface area (Å²) < 4.78 is 0. The molecular weight excluding hydrogens is 318 g/mol. The number of nitrogens with zero attached hydrogens (tertiary/aromatic N) is 2. The van der Waals surface area contributed by atoms with Crippen LogP contribution < -0.4 is 11.1 Å². The fraction of sp³-hybridized carbons (Fsp3) is 0.500. The smallest absolute Gasteiger partial charge is 0.272 e. The lowest BCUT2D eigenvalue weighted by Crippen LogP contribution is -2.42. The van der Waals surface area contributed by atoms with Gasteiger partial charge in [0.25, 0.3) is 5.91 Å². The van der Waals surface area contributed by atoms with E-state index in [-0.39, 0.29) is 30.3 Å². The Labute approximate surface area is 146 Å². The van der Waals surface area contributed by atoms with E-state index in [1.807, 2.05) is 36.2 Å². The quantitative estimate of drug-likeness (QED) is 0.763. The molecule has 0 atom stereocenters. The molecule has 7 nitrogen and oxygen atoms in total. The van der Waals surface area contributed by atoms with Crippen molar-refractivity contribution in [1.82, 2.24) is 20.4 Å². The van der Waals surface area contributed by atoms with Gasteiger partial charge in [-0.1, -0.05) is 18.2 Å². The topological polar surface area (TPSA) is 104 Å². The third-order valence-electron chi connectivity index (χ3n) is 4.99. The number of aromatic nitrogens is 2. The number of nitrogens with one attached hydrogen (secondary N) is 2. The average Bonchev–Trinajstić information content (AvgIpc) is 3.05. The average molecular weight is 343 g/mol. The van der Waals surface area contributed by atoms with Gasteiger partial charge in [0.2, 0.25) is 5.91 Å². The van der Waals surface area contributed by atoms with Crippen LogP contribution in [-0.2, 0) is 4.79 Å². The summed E-state index contributed by atoms with van der Waals surface area (Å²) in [4.78, 5) is 26.4. The van der Waals surface area contributed by atoms with Gasteiger partial charge in [-0.15, -0.1) is 0 Å². The first-order valence-corrected chi connectivity index (χ1v) is 8.79. The van der Waals surface area contributed by atoms with Gasteiger partial charge in [0, 0.05) is 37.5 Å². The molecule has 1 saturated carbocycles. The van der Waals surface area contributed by atoms with Gasteiger partial charge in [-0.2, -0.15) is 5.10 Å². The van der Waals surface area contributed by atoms with E-state index >= 15 is 0 Å². The molecular formula is C18H25N5O2. The molecule has 0 unspecified atom stereocenters. The fourth-order valence-electron chi connectivity index (χ4n) is 3.37. The second kappa shape index (κ2) is 7.65. The Kier molecular flexibility index (Phi) is 5.33. The number of carbonyl (C=O) groups is 2. The third kappa shape index (κ3) is 3.99. The van der Waals surface area contributed by atoms with Gasteiger partial charge >= 0.3 is 0 Å². The van der Waals surface area contributed by atoms with Crippen molar-refractivity contribution < 1.29 is 9.59 Å². The molecule has 7 heteroatoms. The lowest BCUT2D eigenvalue weighted by molar-refractivity contribution is -0.132. The van der Waals surface area contributed by atoms with E-state index in [1.165, 1.54) is 0 Å². The summed E-state index contributed by atoms with van der Waals surface area (Å²) in [6, 6.07) is 7.99. The van der Waals surface area contributed by atoms with Crippen molar-refractivity contribution in [2.24, 2.45) is 5.73 Å². The van der Waals surface area contributed by atoms with E-state index in [2.05, 4.69) is 15.5 Å². The van der Waals surface area contributed by atoms with Gasteiger partial charge in [0.05, 0.1) is 5.52 Å². The van der Waals surface area contributed by atoms with Gasteiger partial charge in [0.1, 0.15) is 0 Å². The molecule has 2 amide bonds. The Morgan fingerprint density at radius 2 is 2.00 bits per heavy atom. The first-order chi connectivity index (χ1) is 12.1. The molecule has 1 aromatic heterocycles. The molecule has 0 aliphatic heterocycles. The minimum Gasteiger partial charge on any atom is -0.350 e. The van der Waals surface area contributed by atoms with E-state index < -0.39 is 0 Å². The molecule has 1 aliphatic carbocycles. The van der Waals surface area contributed by atoms with Crippen LogP contribution in [0.25, 0.3) is 10.9 Å². The van der Waals surface area contributed by atoms with E-state index in [0.29, 0.717) is 12.2 Å². The number of fused-ring (bicyclic) bond motifs is 1. The number of aromatic amines is 1. The maximum absolute atomic E-state index is 12.3. The zero-order chi connectivity index (χ0) is 17.8. The lowest BCUT2D eigenvalue weighted by atomic mass is 9.91. The van der Waals surface area contributed by atoms with Crippen molar-refractivity contribution in [2.45, 2.75) is 44.2 Å². The summed E-state index contributed by atoms with van der Waals surface area (Å²) >= 11 is 0. The summed E-state index contributed by atoms with van der Waals surface area (Å²) in [6.45, 7) is 0.301. The molecule has 2 aromatic rings. The summed E-state index contributed by atoms with van der Waals surface area (Å²) in [5.41, 5.74) is 7.09. The van der Waals surface area contributed by atoms with E-state index in [0.717, 1.165) is 36.6 Å². The summed E-state index contributed by atoms with van der Waals surface area (Å²) in [6.07, 6.45) is 4.12. The third-order valence-corrected chi connectivity index (χ3v) is 4.99. The normalized spacial score (nSPS) is 20.4. The van der Waals surface area contributed by atoms with Gasteiger partial charge < -0.3 is 16.0 Å². The minimum absolute atomic E-state index is 0.0488. The highest BCUT2D eigenvalue weighted by atomic mass is 16.2. The van der Waals surface area contributed by atoms with Crippen LogP contribution >= 0.6 is 0 Å². The number of H-pyrrole nitrogens is 1. The van der Waals surface area contributed by atoms with Crippen LogP contribution in [0, 0.1) is 0 Å². The molecule has 1 aromatic carbocycles. The molecule has 1 heterocycles. The first kappa shape index (κ1) is 17.4. The zero-order valence-electron chi connectivity index (χ0n) is 14.5. The number of carbonyl (C=O) groups excluding carboxylic acids is 2. The monoisotopic (exact) mass is 343 g/mol. The molecule has 0 bridgehead atoms. The Morgan fingerprint density at radius 1 is 1.28 bits per heavy atom. The van der Waals surface area contributed by atoms with Crippen LogP contribution in [0.5, 0.6) is 0 Å². The highest BCUT2D eigenvalue weighted by Gasteiger charge is 2.24. The Morgan fingerprint density at radius 3 is 2.76 bits per heavy atom. The van der Waals surface area contributed by atoms with E-state index in [9.17, 15) is 9.59 Å². The second-order valence-electron chi connectivity index (χ2n) is 6.70. The summed E-state index contributed by atoms with van der Waals surface area (Å²) in [7, 11) is 1.84. The summed E-state index contributed by atoms with van der Waals surface area (Å²) in [5.74, 6) is -0.218. The second-order valence-corrected chi connectivity index (χ2v) is 6.70. The maximum atomic E-state index is 12.3. The molecule has 1 aliphatic rings. The van der Waals surface area contributed by atoms with Gasteiger partial charge in [-0.3, -0.25) is 14.7 Å². The minimum atomic E-state index is -0.267. The first-order valence-electron chi connectivity index (χ1n) is 8.79. The predicted molar refractivity (Wildman–Crippen MR) is 96.0 cm³/mol. The fourth-order valence-corrected chi connectivity index (χ4v) is 3.37. The number of hydrogen-bond donors (Lipinski definition) is 3. The maximum Gasteiger partial charge on any atom is 0.272 e. The van der Waals surface area contributed by atoms with Crippen molar-refractivity contribution in [2.75, 3.05) is 13.6 Å². The number of nitrogens with two attached hydrogens (primary N) is 1. The van der Waals surface area contributed by atoms with Crippen LogP contribution in [0.4, 0.5) is 0 Å².